The van der Waals surface area contributed by atoms with E-state index in [4.69, 9.17) is 37.0 Å². The van der Waals surface area contributed by atoms with Gasteiger partial charge in [0.15, 0.2) is 12.2 Å². The lowest BCUT2D eigenvalue weighted by molar-refractivity contribution is -0.161. The molecule has 0 amide bonds. The lowest BCUT2D eigenvalue weighted by atomic mass is 10.0. The van der Waals surface area contributed by atoms with Gasteiger partial charge in [-0.1, -0.05) is 300 Å². The van der Waals surface area contributed by atoms with Gasteiger partial charge in [-0.25, -0.2) is 9.13 Å². The largest absolute Gasteiger partial charge is 0.472 e. The number of rotatable bonds is 76. The Morgan fingerprint density at radius 3 is 0.840 bits per heavy atom. The number of aliphatic hydroxyl groups is 1. The zero-order valence-corrected chi connectivity index (χ0v) is 65.4. The molecule has 5 atom stereocenters. The minimum absolute atomic E-state index is 0.0862. The number of esters is 4. The second-order valence-electron chi connectivity index (χ2n) is 27.0. The number of aliphatic hydroxyl groups excluding tert-OH is 1. The number of phosphoric acid groups is 2. The maximum absolute atomic E-state index is 13.1. The molecule has 100 heavy (non-hydrogen) atoms. The number of ether oxygens (including phenoxy) is 4. The predicted molar refractivity (Wildman–Crippen MR) is 409 cm³/mol. The second kappa shape index (κ2) is 73.8. The Balaban J connectivity index is 5.31. The fraction of sp³-hybridized carbons (Fsp3) is 0.802. The third kappa shape index (κ3) is 72.8. The summed E-state index contributed by atoms with van der Waals surface area (Å²) in [4.78, 5) is 72.9. The Kier molecular flexibility index (Phi) is 71.2. The average molecular weight is 1450 g/mol. The monoisotopic (exact) mass is 1450 g/mol. The number of hydrogen-bond acceptors (Lipinski definition) is 15. The molecule has 0 rings (SSSR count). The highest BCUT2D eigenvalue weighted by molar-refractivity contribution is 7.47. The summed E-state index contributed by atoms with van der Waals surface area (Å²) >= 11 is 0. The van der Waals surface area contributed by atoms with Crippen LogP contribution in [0.4, 0.5) is 0 Å². The normalized spacial score (nSPS) is 14.3. The summed E-state index contributed by atoms with van der Waals surface area (Å²) in [5.74, 6) is -2.18. The summed E-state index contributed by atoms with van der Waals surface area (Å²) in [5, 5.41) is 10.6. The Morgan fingerprint density at radius 1 is 0.290 bits per heavy atom. The SMILES string of the molecule is CC/C=C\C/C=C\C/C=C\C/C=C\CCCCCCCCC(=O)OCC(COP(=O)(O)OCC(O)COP(=O)(O)OCC(COC(=O)CCCCCCC/C=C\CCCCCCCC)OC(=O)CCCCCCC/C=C\CCCC)OC(=O)CCCCCCCCCCCCCCCCC. The van der Waals surface area contributed by atoms with Gasteiger partial charge in [-0.05, 0) is 109 Å². The van der Waals surface area contributed by atoms with Gasteiger partial charge in [0.05, 0.1) is 26.4 Å². The average Bonchev–Trinajstić information content (AvgIpc) is 0.985. The van der Waals surface area contributed by atoms with Crippen molar-refractivity contribution in [3.05, 3.63) is 72.9 Å². The van der Waals surface area contributed by atoms with Gasteiger partial charge in [0.2, 0.25) is 0 Å². The number of phosphoric ester groups is 2. The molecule has 0 radical (unpaired) electrons. The van der Waals surface area contributed by atoms with E-state index in [1.54, 1.807) is 0 Å². The van der Waals surface area contributed by atoms with Crippen LogP contribution < -0.4 is 0 Å². The summed E-state index contributed by atoms with van der Waals surface area (Å²) < 4.78 is 68.6. The van der Waals surface area contributed by atoms with E-state index in [1.165, 1.54) is 116 Å². The fourth-order valence-electron chi connectivity index (χ4n) is 11.0. The summed E-state index contributed by atoms with van der Waals surface area (Å²) in [6.07, 6.45) is 74.5. The Hall–Kier alpha value is -3.50. The molecule has 0 spiro atoms. The maximum atomic E-state index is 13.1. The highest BCUT2D eigenvalue weighted by Crippen LogP contribution is 2.45. The van der Waals surface area contributed by atoms with Crippen molar-refractivity contribution in [1.29, 1.82) is 0 Å². The van der Waals surface area contributed by atoms with Crippen LogP contribution in [0.2, 0.25) is 0 Å². The molecule has 3 N–H and O–H groups in total. The van der Waals surface area contributed by atoms with Gasteiger partial charge in [-0.15, -0.1) is 0 Å². The maximum Gasteiger partial charge on any atom is 0.472 e. The van der Waals surface area contributed by atoms with Crippen molar-refractivity contribution in [2.24, 2.45) is 0 Å². The first kappa shape index (κ1) is 96.5. The number of allylic oxidation sites excluding steroid dienone is 12. The van der Waals surface area contributed by atoms with Gasteiger partial charge >= 0.3 is 39.5 Å². The van der Waals surface area contributed by atoms with Gasteiger partial charge in [0.25, 0.3) is 0 Å². The van der Waals surface area contributed by atoms with E-state index in [1.807, 2.05) is 0 Å². The molecule has 0 heterocycles. The van der Waals surface area contributed by atoms with Gasteiger partial charge in [-0.2, -0.15) is 0 Å². The van der Waals surface area contributed by atoms with Crippen molar-refractivity contribution in [2.45, 2.75) is 380 Å². The van der Waals surface area contributed by atoms with E-state index in [-0.39, 0.29) is 25.7 Å². The van der Waals surface area contributed by atoms with Gasteiger partial charge < -0.3 is 33.8 Å². The summed E-state index contributed by atoms with van der Waals surface area (Å²) in [5.41, 5.74) is 0. The number of carbonyl (C=O) groups is 4. The van der Waals surface area contributed by atoms with Crippen LogP contribution in [-0.2, 0) is 65.4 Å². The highest BCUT2D eigenvalue weighted by atomic mass is 31.2. The zero-order valence-electron chi connectivity index (χ0n) is 63.6. The van der Waals surface area contributed by atoms with Crippen LogP contribution in [0.1, 0.15) is 362 Å². The zero-order chi connectivity index (χ0) is 73.2. The van der Waals surface area contributed by atoms with Crippen molar-refractivity contribution in [3.8, 4) is 0 Å². The molecule has 0 aromatic rings. The molecular weight excluding hydrogens is 1310 g/mol. The van der Waals surface area contributed by atoms with Crippen LogP contribution >= 0.6 is 15.6 Å². The van der Waals surface area contributed by atoms with Crippen molar-refractivity contribution in [2.75, 3.05) is 39.6 Å². The predicted octanol–water partition coefficient (Wildman–Crippen LogP) is 23.2. The topological polar surface area (TPSA) is 237 Å². The first-order valence-corrected chi connectivity index (χ1v) is 43.2. The molecule has 0 aliphatic carbocycles. The van der Waals surface area contributed by atoms with Crippen molar-refractivity contribution in [1.82, 2.24) is 0 Å². The van der Waals surface area contributed by atoms with Crippen LogP contribution in [0.5, 0.6) is 0 Å². The Labute approximate surface area is 609 Å². The molecule has 0 fully saturated rings. The van der Waals surface area contributed by atoms with E-state index >= 15 is 0 Å². The molecule has 0 bridgehead atoms. The lowest BCUT2D eigenvalue weighted by Gasteiger charge is -2.21. The molecule has 582 valence electrons. The Bertz CT molecular complexity index is 2180. The van der Waals surface area contributed by atoms with Crippen LogP contribution in [0.3, 0.4) is 0 Å². The van der Waals surface area contributed by atoms with E-state index < -0.39 is 97.5 Å². The second-order valence-corrected chi connectivity index (χ2v) is 29.9. The highest BCUT2D eigenvalue weighted by Gasteiger charge is 2.30. The number of unbranched alkanes of at least 4 members (excludes halogenated alkanes) is 38. The molecule has 17 nitrogen and oxygen atoms in total. The molecule has 19 heteroatoms. The summed E-state index contributed by atoms with van der Waals surface area (Å²) in [7, 11) is -9.95. The van der Waals surface area contributed by atoms with Gasteiger partial charge in [-0.3, -0.25) is 37.3 Å². The van der Waals surface area contributed by atoms with E-state index in [2.05, 4.69) is 101 Å². The number of hydrogen-bond donors (Lipinski definition) is 3. The van der Waals surface area contributed by atoms with Gasteiger partial charge in [0.1, 0.15) is 19.3 Å². The minimum Gasteiger partial charge on any atom is -0.462 e. The van der Waals surface area contributed by atoms with Crippen LogP contribution in [0, 0.1) is 0 Å². The fourth-order valence-corrected chi connectivity index (χ4v) is 12.6. The first-order valence-electron chi connectivity index (χ1n) is 40.2. The van der Waals surface area contributed by atoms with Crippen molar-refractivity contribution in [3.63, 3.8) is 0 Å². The van der Waals surface area contributed by atoms with Gasteiger partial charge in [0, 0.05) is 25.7 Å². The third-order valence-electron chi connectivity index (χ3n) is 17.2. The molecule has 0 aromatic carbocycles. The third-order valence-corrected chi connectivity index (χ3v) is 19.1. The quantitative estimate of drug-likeness (QED) is 0.0169. The minimum atomic E-state index is -4.97. The van der Waals surface area contributed by atoms with Crippen LogP contribution in [0.25, 0.3) is 0 Å². The molecule has 0 aliphatic heterocycles. The first-order chi connectivity index (χ1) is 48.7. The van der Waals surface area contributed by atoms with Crippen LogP contribution in [0.15, 0.2) is 72.9 Å². The van der Waals surface area contributed by atoms with Crippen molar-refractivity contribution >= 4 is 39.5 Å². The Morgan fingerprint density at radius 2 is 0.530 bits per heavy atom. The summed E-state index contributed by atoms with van der Waals surface area (Å²) in [6.45, 7) is 4.75. The van der Waals surface area contributed by atoms with E-state index in [0.717, 1.165) is 167 Å². The standard InChI is InChI=1S/C81H146O17P2/c1-5-9-13-17-21-25-29-32-35-36-37-38-41-43-47-50-54-58-62-66-79(84)92-72-77(98-81(86)68-64-60-56-52-48-44-40-34-31-27-23-19-15-11-7-3)74-96-100(89,90)94-70-75(82)69-93-99(87,88)95-73-76(97-80(85)67-63-59-55-51-45-28-24-20-16-12-8-4)71-91-78(83)65-61-57-53-49-46-42-39-33-30-26-22-18-14-10-6-2/h9,13,20-21,24-25,32-33,35,37-39,75-77,82H,5-8,10-12,14-19,22-23,26-31,34,36,40-74H2,1-4H3,(H,87,88)(H,89,90)/b13-9-,24-20-,25-21-,35-32-,38-37-,39-33-. The summed E-state index contributed by atoms with van der Waals surface area (Å²) in [6, 6.07) is 0. The van der Waals surface area contributed by atoms with E-state index in [9.17, 15) is 43.2 Å². The lowest BCUT2D eigenvalue weighted by Crippen LogP contribution is -2.30. The smallest absolute Gasteiger partial charge is 0.462 e. The molecule has 5 unspecified atom stereocenters. The molecule has 0 saturated carbocycles. The molecule has 0 aliphatic rings. The molecule has 0 saturated heterocycles. The van der Waals surface area contributed by atoms with Crippen LogP contribution in [-0.4, -0.2) is 96.7 Å². The van der Waals surface area contributed by atoms with E-state index in [0.29, 0.717) is 25.7 Å². The molecule has 0 aromatic heterocycles. The van der Waals surface area contributed by atoms with Crippen molar-refractivity contribution < 1.29 is 80.2 Å². The molecular formula is C81H146O17P2. The number of carbonyl (C=O) groups excluding carboxylic acids is 4.